The van der Waals surface area contributed by atoms with Gasteiger partial charge in [0.2, 0.25) is 0 Å². The normalized spacial score (nSPS) is 15.0. The number of benzene rings is 3. The molecule has 0 saturated carbocycles. The lowest BCUT2D eigenvalue weighted by Crippen LogP contribution is -2.39. The summed E-state index contributed by atoms with van der Waals surface area (Å²) in [5, 5.41) is 0.677. The number of hydrogen-bond donors (Lipinski definition) is 0. The summed E-state index contributed by atoms with van der Waals surface area (Å²) >= 11 is 8.90. The number of hydrogen-bond acceptors (Lipinski definition) is 7. The van der Waals surface area contributed by atoms with Crippen molar-refractivity contribution in [3.63, 3.8) is 0 Å². The number of carbonyl (C=O) groups is 1. The number of rotatable bonds is 8. The Hall–Kier alpha value is -3.59. The SMILES string of the molecule is CCOC(=O)C1=C(C)N=c2s/c(=C\c3cccc(OCc4ccc(Cl)cc4)c3)c(=O)n2[C@@H]1c1ccc(SC)cc1. The number of thioether (sulfide) groups is 1. The molecular weight excluding hydrogens is 564 g/mol. The van der Waals surface area contributed by atoms with Gasteiger partial charge in [-0.25, -0.2) is 9.79 Å². The van der Waals surface area contributed by atoms with Gasteiger partial charge in [-0.1, -0.05) is 59.3 Å². The monoisotopic (exact) mass is 590 g/mol. The van der Waals surface area contributed by atoms with Crippen LogP contribution in [-0.2, 0) is 16.1 Å². The van der Waals surface area contributed by atoms with Gasteiger partial charge in [0.05, 0.1) is 28.5 Å². The molecule has 0 amide bonds. The molecule has 0 aliphatic carbocycles. The molecule has 1 aliphatic rings. The molecule has 40 heavy (non-hydrogen) atoms. The molecule has 1 aromatic heterocycles. The highest BCUT2D eigenvalue weighted by Gasteiger charge is 2.33. The number of carbonyl (C=O) groups excluding carboxylic acids is 1. The fourth-order valence-electron chi connectivity index (χ4n) is 4.49. The maximum Gasteiger partial charge on any atom is 0.338 e. The average Bonchev–Trinajstić information content (AvgIpc) is 3.26. The minimum atomic E-state index is -0.637. The second-order valence-electron chi connectivity index (χ2n) is 9.06. The smallest absolute Gasteiger partial charge is 0.338 e. The molecule has 0 saturated heterocycles. The molecule has 0 spiro atoms. The molecule has 3 aromatic carbocycles. The number of esters is 1. The predicted octanol–water partition coefficient (Wildman–Crippen LogP) is 5.75. The van der Waals surface area contributed by atoms with Crippen molar-refractivity contribution < 1.29 is 14.3 Å². The fraction of sp³-hybridized carbons (Fsp3) is 0.194. The quantitative estimate of drug-likeness (QED) is 0.193. The van der Waals surface area contributed by atoms with E-state index in [2.05, 4.69) is 4.99 Å². The van der Waals surface area contributed by atoms with E-state index in [1.54, 1.807) is 30.2 Å². The molecule has 204 valence electrons. The van der Waals surface area contributed by atoms with Gasteiger partial charge >= 0.3 is 5.97 Å². The van der Waals surface area contributed by atoms with Gasteiger partial charge in [-0.2, -0.15) is 0 Å². The highest BCUT2D eigenvalue weighted by molar-refractivity contribution is 7.98. The number of fused-ring (bicyclic) bond motifs is 1. The van der Waals surface area contributed by atoms with Crippen molar-refractivity contribution in [2.24, 2.45) is 4.99 Å². The largest absolute Gasteiger partial charge is 0.489 e. The second-order valence-corrected chi connectivity index (χ2v) is 11.4. The van der Waals surface area contributed by atoms with Crippen molar-refractivity contribution in [1.29, 1.82) is 0 Å². The molecule has 4 aromatic rings. The summed E-state index contributed by atoms with van der Waals surface area (Å²) in [4.78, 5) is 33.2. The van der Waals surface area contributed by atoms with Gasteiger partial charge in [-0.05, 0) is 79.3 Å². The Morgan fingerprint density at radius 2 is 1.88 bits per heavy atom. The first-order valence-corrected chi connectivity index (χ1v) is 15.1. The minimum absolute atomic E-state index is 0.218. The zero-order valence-electron chi connectivity index (χ0n) is 22.2. The molecule has 1 atom stereocenters. The lowest BCUT2D eigenvalue weighted by Gasteiger charge is -2.24. The summed E-state index contributed by atoms with van der Waals surface area (Å²) in [5.74, 6) is 0.214. The Kier molecular flexibility index (Phi) is 8.59. The third-order valence-electron chi connectivity index (χ3n) is 6.42. The number of thiazole rings is 1. The molecule has 1 aliphatic heterocycles. The van der Waals surface area contributed by atoms with Crippen molar-refractivity contribution in [3.05, 3.63) is 125 Å². The summed E-state index contributed by atoms with van der Waals surface area (Å²) in [6.07, 6.45) is 3.83. The van der Waals surface area contributed by atoms with Crippen LogP contribution in [0.3, 0.4) is 0 Å². The van der Waals surface area contributed by atoms with E-state index in [9.17, 15) is 9.59 Å². The zero-order valence-corrected chi connectivity index (χ0v) is 24.6. The highest BCUT2D eigenvalue weighted by atomic mass is 35.5. The Balaban J connectivity index is 1.53. The van der Waals surface area contributed by atoms with Crippen molar-refractivity contribution >= 4 is 46.7 Å². The van der Waals surface area contributed by atoms with Gasteiger partial charge in [0.25, 0.3) is 5.56 Å². The van der Waals surface area contributed by atoms with E-state index in [0.29, 0.717) is 38.0 Å². The average molecular weight is 591 g/mol. The maximum absolute atomic E-state index is 13.8. The lowest BCUT2D eigenvalue weighted by atomic mass is 9.96. The first-order valence-electron chi connectivity index (χ1n) is 12.7. The van der Waals surface area contributed by atoms with Crippen LogP contribution in [0.1, 0.15) is 36.6 Å². The lowest BCUT2D eigenvalue weighted by molar-refractivity contribution is -0.139. The van der Waals surface area contributed by atoms with Gasteiger partial charge in [0.15, 0.2) is 4.80 Å². The standard InChI is InChI=1S/C31H27ClN2O4S2/c1-4-37-30(36)27-19(2)33-31-34(28(27)22-10-14-25(39-3)15-11-22)29(35)26(40-31)17-21-6-5-7-24(16-21)38-18-20-8-12-23(32)13-9-20/h5-17,28H,4,18H2,1-3H3/b26-17-/t28-/m1/s1. The molecule has 0 fully saturated rings. The van der Waals surface area contributed by atoms with Gasteiger partial charge in [0, 0.05) is 9.92 Å². The molecule has 9 heteroatoms. The van der Waals surface area contributed by atoms with E-state index < -0.39 is 12.0 Å². The molecule has 6 nitrogen and oxygen atoms in total. The van der Waals surface area contributed by atoms with Crippen molar-refractivity contribution in [1.82, 2.24) is 4.57 Å². The van der Waals surface area contributed by atoms with Gasteiger partial charge < -0.3 is 9.47 Å². The third kappa shape index (κ3) is 5.94. The fourth-order valence-corrected chi connectivity index (χ4v) is 6.07. The van der Waals surface area contributed by atoms with E-state index in [-0.39, 0.29) is 12.2 Å². The summed E-state index contributed by atoms with van der Waals surface area (Å²) in [6.45, 7) is 4.18. The first-order chi connectivity index (χ1) is 19.4. The van der Waals surface area contributed by atoms with Crippen molar-refractivity contribution in [3.8, 4) is 5.75 Å². The highest BCUT2D eigenvalue weighted by Crippen LogP contribution is 2.31. The minimum Gasteiger partial charge on any atom is -0.489 e. The van der Waals surface area contributed by atoms with Crippen LogP contribution in [0.5, 0.6) is 5.75 Å². The van der Waals surface area contributed by atoms with Crippen LogP contribution >= 0.6 is 34.7 Å². The molecular formula is C31H27ClN2O4S2. The summed E-state index contributed by atoms with van der Waals surface area (Å²) in [6, 6.07) is 22.3. The Bertz CT molecular complexity index is 1760. The first kappa shape index (κ1) is 28.0. The van der Waals surface area contributed by atoms with Crippen LogP contribution in [0, 0.1) is 0 Å². The molecule has 0 bridgehead atoms. The summed E-state index contributed by atoms with van der Waals surface area (Å²) in [5.41, 5.74) is 3.34. The van der Waals surface area contributed by atoms with Gasteiger partial charge in [-0.15, -0.1) is 11.8 Å². The molecule has 0 radical (unpaired) electrons. The van der Waals surface area contributed by atoms with E-state index in [1.165, 1.54) is 11.3 Å². The molecule has 5 rings (SSSR count). The van der Waals surface area contributed by atoms with Crippen LogP contribution in [0.4, 0.5) is 0 Å². The van der Waals surface area contributed by atoms with Crippen LogP contribution in [0.25, 0.3) is 6.08 Å². The van der Waals surface area contributed by atoms with Gasteiger partial charge in [-0.3, -0.25) is 9.36 Å². The van der Waals surface area contributed by atoms with Crippen LogP contribution in [-0.4, -0.2) is 23.4 Å². The van der Waals surface area contributed by atoms with Crippen LogP contribution in [0.2, 0.25) is 5.02 Å². The predicted molar refractivity (Wildman–Crippen MR) is 161 cm³/mol. The third-order valence-corrected chi connectivity index (χ3v) is 8.40. The summed E-state index contributed by atoms with van der Waals surface area (Å²) < 4.78 is 13.5. The number of aromatic nitrogens is 1. The second kappa shape index (κ2) is 12.3. The number of nitrogens with zero attached hydrogens (tertiary/aromatic N) is 2. The van der Waals surface area contributed by atoms with Gasteiger partial charge in [0.1, 0.15) is 12.4 Å². The van der Waals surface area contributed by atoms with E-state index in [4.69, 9.17) is 21.1 Å². The number of halogens is 1. The number of allylic oxidation sites excluding steroid dienone is 1. The number of ether oxygens (including phenoxy) is 2. The topological polar surface area (TPSA) is 69.9 Å². The molecule has 2 heterocycles. The molecule has 0 unspecified atom stereocenters. The van der Waals surface area contributed by atoms with E-state index in [1.807, 2.05) is 85.1 Å². The Morgan fingerprint density at radius 1 is 1.12 bits per heavy atom. The summed E-state index contributed by atoms with van der Waals surface area (Å²) in [7, 11) is 0. The van der Waals surface area contributed by atoms with Crippen LogP contribution in [0.15, 0.2) is 98.7 Å². The Morgan fingerprint density at radius 3 is 2.58 bits per heavy atom. The zero-order chi connectivity index (χ0) is 28.2. The van der Waals surface area contributed by atoms with Crippen molar-refractivity contribution in [2.75, 3.05) is 12.9 Å². The van der Waals surface area contributed by atoms with E-state index in [0.717, 1.165) is 21.6 Å². The van der Waals surface area contributed by atoms with Crippen LogP contribution < -0.4 is 19.6 Å². The van der Waals surface area contributed by atoms with E-state index >= 15 is 0 Å². The Labute approximate surface area is 245 Å². The van der Waals surface area contributed by atoms with Crippen molar-refractivity contribution in [2.45, 2.75) is 31.4 Å². The molecule has 0 N–H and O–H groups in total. The maximum atomic E-state index is 13.8.